The number of pyridine rings is 1. The number of aryl methyl sites for hydroxylation is 1. The number of carbonyl (C=O) groups excluding carboxylic acids is 1. The zero-order chi connectivity index (χ0) is 17.5. The molecule has 0 aliphatic heterocycles. The molecule has 0 aromatic carbocycles. The minimum absolute atomic E-state index is 0.000816. The zero-order valence-corrected chi connectivity index (χ0v) is 12.9. The molecule has 0 spiro atoms. The Balaban J connectivity index is 1.85. The van der Waals surface area contributed by atoms with Gasteiger partial charge in [-0.25, -0.2) is 4.98 Å². The molecule has 2 aromatic rings. The van der Waals surface area contributed by atoms with E-state index >= 15 is 0 Å². The Morgan fingerprint density at radius 2 is 2.08 bits per heavy atom. The summed E-state index contributed by atoms with van der Waals surface area (Å²) < 4.78 is 39.3. The zero-order valence-electron chi connectivity index (χ0n) is 12.9. The van der Waals surface area contributed by atoms with E-state index in [1.54, 1.807) is 0 Å². The maximum atomic E-state index is 12.7. The summed E-state index contributed by atoms with van der Waals surface area (Å²) in [6.07, 6.45) is -1.78. The SMILES string of the molecule is Cn1nc(C(F)(F)F)cc1-c1ccc(NC(=O)C2CCC2)nc1N. The molecule has 0 bridgehead atoms. The Kier molecular flexibility index (Phi) is 3.94. The van der Waals surface area contributed by atoms with Crippen LogP contribution in [0.5, 0.6) is 0 Å². The normalized spacial score (nSPS) is 15.2. The number of nitrogens with zero attached hydrogens (tertiary/aromatic N) is 3. The Morgan fingerprint density at radius 3 is 2.58 bits per heavy atom. The van der Waals surface area contributed by atoms with Gasteiger partial charge in [-0.3, -0.25) is 9.48 Å². The van der Waals surface area contributed by atoms with E-state index in [4.69, 9.17) is 5.73 Å². The summed E-state index contributed by atoms with van der Waals surface area (Å²) in [6, 6.07) is 3.96. The molecule has 0 unspecified atom stereocenters. The lowest BCUT2D eigenvalue weighted by Gasteiger charge is -2.23. The minimum atomic E-state index is -4.53. The van der Waals surface area contributed by atoms with Crippen LogP contribution in [0.1, 0.15) is 25.0 Å². The first-order chi connectivity index (χ1) is 11.3. The van der Waals surface area contributed by atoms with Gasteiger partial charge in [0.15, 0.2) is 5.69 Å². The number of aromatic nitrogens is 3. The first-order valence-electron chi connectivity index (χ1n) is 7.44. The van der Waals surface area contributed by atoms with Crippen LogP contribution >= 0.6 is 0 Å². The molecule has 24 heavy (non-hydrogen) atoms. The van der Waals surface area contributed by atoms with Crippen molar-refractivity contribution in [3.05, 3.63) is 23.9 Å². The van der Waals surface area contributed by atoms with Crippen LogP contribution in [0.3, 0.4) is 0 Å². The average Bonchev–Trinajstić information content (AvgIpc) is 2.79. The van der Waals surface area contributed by atoms with Crippen molar-refractivity contribution in [2.24, 2.45) is 13.0 Å². The highest BCUT2D eigenvalue weighted by Gasteiger charge is 2.35. The number of halogens is 3. The number of anilines is 2. The minimum Gasteiger partial charge on any atom is -0.383 e. The topological polar surface area (TPSA) is 85.8 Å². The van der Waals surface area contributed by atoms with Gasteiger partial charge < -0.3 is 11.1 Å². The molecule has 6 nitrogen and oxygen atoms in total. The Labute approximate surface area is 135 Å². The van der Waals surface area contributed by atoms with Crippen LogP contribution in [0.15, 0.2) is 18.2 Å². The van der Waals surface area contributed by atoms with E-state index in [1.165, 1.54) is 19.2 Å². The molecule has 9 heteroatoms. The van der Waals surface area contributed by atoms with Crippen LogP contribution in [0.25, 0.3) is 11.3 Å². The molecule has 1 fully saturated rings. The van der Waals surface area contributed by atoms with E-state index in [0.29, 0.717) is 5.56 Å². The number of hydrogen-bond donors (Lipinski definition) is 2. The lowest BCUT2D eigenvalue weighted by molar-refractivity contribution is -0.141. The third-order valence-electron chi connectivity index (χ3n) is 4.10. The summed E-state index contributed by atoms with van der Waals surface area (Å²) in [5, 5.41) is 6.13. The number of nitrogens with one attached hydrogen (secondary N) is 1. The Bertz CT molecular complexity index is 780. The summed E-state index contributed by atoms with van der Waals surface area (Å²) in [6.45, 7) is 0. The van der Waals surface area contributed by atoms with Crippen molar-refractivity contribution in [1.29, 1.82) is 0 Å². The van der Waals surface area contributed by atoms with Crippen LogP contribution < -0.4 is 11.1 Å². The molecule has 1 aliphatic carbocycles. The van der Waals surface area contributed by atoms with E-state index in [-0.39, 0.29) is 29.2 Å². The van der Waals surface area contributed by atoms with Gasteiger partial charge in [-0.1, -0.05) is 6.42 Å². The molecular weight excluding hydrogens is 323 g/mol. The molecule has 3 rings (SSSR count). The molecule has 128 valence electrons. The summed E-state index contributed by atoms with van der Waals surface area (Å²) in [5.74, 6) is 0.199. The molecule has 2 heterocycles. The lowest BCUT2D eigenvalue weighted by Crippen LogP contribution is -2.28. The predicted molar refractivity (Wildman–Crippen MR) is 81.8 cm³/mol. The summed E-state index contributed by atoms with van der Waals surface area (Å²) >= 11 is 0. The van der Waals surface area contributed by atoms with Crippen molar-refractivity contribution in [3.8, 4) is 11.3 Å². The molecule has 1 aliphatic rings. The van der Waals surface area contributed by atoms with Gasteiger partial charge in [-0.2, -0.15) is 18.3 Å². The molecule has 2 aromatic heterocycles. The van der Waals surface area contributed by atoms with Crippen LogP contribution in [-0.2, 0) is 18.0 Å². The molecule has 0 radical (unpaired) electrons. The third kappa shape index (κ3) is 3.06. The summed E-state index contributed by atoms with van der Waals surface area (Å²) in [5.41, 5.74) is 5.38. The largest absolute Gasteiger partial charge is 0.435 e. The van der Waals surface area contributed by atoms with Gasteiger partial charge in [0, 0.05) is 18.5 Å². The van der Waals surface area contributed by atoms with Crippen molar-refractivity contribution in [2.45, 2.75) is 25.4 Å². The first kappa shape index (κ1) is 16.3. The highest BCUT2D eigenvalue weighted by molar-refractivity contribution is 5.92. The van der Waals surface area contributed by atoms with E-state index in [2.05, 4.69) is 15.4 Å². The average molecular weight is 339 g/mol. The molecular formula is C15H16F3N5O. The quantitative estimate of drug-likeness (QED) is 0.900. The number of alkyl halides is 3. The van der Waals surface area contributed by atoms with Crippen LogP contribution in [0, 0.1) is 5.92 Å². The molecule has 0 saturated heterocycles. The standard InChI is InChI=1S/C15H16F3N5O/c1-23-10(7-11(22-23)15(16,17)18)9-5-6-12(20-13(9)19)21-14(24)8-3-2-4-8/h5-8H,2-4H2,1H3,(H3,19,20,21,24). The van der Waals surface area contributed by atoms with Crippen molar-refractivity contribution in [3.63, 3.8) is 0 Å². The van der Waals surface area contributed by atoms with Crippen LogP contribution in [0.2, 0.25) is 0 Å². The Morgan fingerprint density at radius 1 is 1.38 bits per heavy atom. The monoisotopic (exact) mass is 339 g/mol. The summed E-state index contributed by atoms with van der Waals surface area (Å²) in [7, 11) is 1.40. The van der Waals surface area contributed by atoms with E-state index < -0.39 is 11.9 Å². The van der Waals surface area contributed by atoms with Gasteiger partial charge in [0.05, 0.1) is 5.69 Å². The fraction of sp³-hybridized carbons (Fsp3) is 0.400. The van der Waals surface area contributed by atoms with Gasteiger partial charge in [0.1, 0.15) is 11.6 Å². The van der Waals surface area contributed by atoms with Crippen LogP contribution in [0.4, 0.5) is 24.8 Å². The fourth-order valence-electron chi connectivity index (χ4n) is 2.52. The second-order valence-corrected chi connectivity index (χ2v) is 5.78. The lowest BCUT2D eigenvalue weighted by atomic mass is 9.85. The highest BCUT2D eigenvalue weighted by atomic mass is 19.4. The van der Waals surface area contributed by atoms with Crippen molar-refractivity contribution in [1.82, 2.24) is 14.8 Å². The second-order valence-electron chi connectivity index (χ2n) is 5.78. The number of nitrogen functional groups attached to an aromatic ring is 1. The first-order valence-corrected chi connectivity index (χ1v) is 7.44. The predicted octanol–water partition coefficient (Wildman–Crippen LogP) is 2.82. The van der Waals surface area contributed by atoms with Gasteiger partial charge in [0.25, 0.3) is 0 Å². The van der Waals surface area contributed by atoms with Crippen LogP contribution in [-0.4, -0.2) is 20.7 Å². The molecule has 1 amide bonds. The maximum Gasteiger partial charge on any atom is 0.435 e. The van der Waals surface area contributed by atoms with Gasteiger partial charge >= 0.3 is 6.18 Å². The fourth-order valence-corrected chi connectivity index (χ4v) is 2.52. The number of nitrogens with two attached hydrogens (primary N) is 1. The van der Waals surface area contributed by atoms with Crippen molar-refractivity contribution >= 4 is 17.5 Å². The van der Waals surface area contributed by atoms with Gasteiger partial charge in [-0.05, 0) is 31.0 Å². The number of hydrogen-bond acceptors (Lipinski definition) is 4. The third-order valence-corrected chi connectivity index (χ3v) is 4.10. The Hall–Kier alpha value is -2.58. The summed E-state index contributed by atoms with van der Waals surface area (Å²) in [4.78, 5) is 16.0. The maximum absolute atomic E-state index is 12.7. The second kappa shape index (κ2) is 5.81. The van der Waals surface area contributed by atoms with E-state index in [9.17, 15) is 18.0 Å². The molecule has 0 atom stereocenters. The number of rotatable bonds is 3. The smallest absolute Gasteiger partial charge is 0.383 e. The number of amides is 1. The molecule has 1 saturated carbocycles. The molecule has 3 N–H and O–H groups in total. The van der Waals surface area contributed by atoms with Crippen molar-refractivity contribution in [2.75, 3.05) is 11.1 Å². The van der Waals surface area contributed by atoms with E-state index in [1.807, 2.05) is 0 Å². The van der Waals surface area contributed by atoms with Gasteiger partial charge in [0.2, 0.25) is 5.91 Å². The number of carbonyl (C=O) groups is 1. The van der Waals surface area contributed by atoms with Gasteiger partial charge in [-0.15, -0.1) is 0 Å². The van der Waals surface area contributed by atoms with Crippen molar-refractivity contribution < 1.29 is 18.0 Å². The van der Waals surface area contributed by atoms with E-state index in [0.717, 1.165) is 30.0 Å². The highest BCUT2D eigenvalue weighted by Crippen LogP contribution is 2.33.